The summed E-state index contributed by atoms with van der Waals surface area (Å²) in [5, 5.41) is 7.84. The number of hydrogen-bond acceptors (Lipinski definition) is 4. The van der Waals surface area contributed by atoms with Gasteiger partial charge >= 0.3 is 6.18 Å². The highest BCUT2D eigenvalue weighted by molar-refractivity contribution is 14.0. The average molecular weight is 516 g/mol. The van der Waals surface area contributed by atoms with Crippen molar-refractivity contribution in [2.45, 2.75) is 29.8 Å². The molecule has 1 aromatic carbocycles. The highest BCUT2D eigenvalue weighted by atomic mass is 127. The van der Waals surface area contributed by atoms with Gasteiger partial charge in [-0.3, -0.25) is 4.99 Å². The SMILES string of the molecule is CN=C(NCc1nc(C(F)(F)F)cs1)NCC(C)Sc1ccccc1.I. The van der Waals surface area contributed by atoms with E-state index < -0.39 is 11.9 Å². The van der Waals surface area contributed by atoms with Crippen LogP contribution in [0.25, 0.3) is 0 Å². The van der Waals surface area contributed by atoms with E-state index in [2.05, 4.69) is 39.7 Å². The van der Waals surface area contributed by atoms with Crippen LogP contribution in [-0.2, 0) is 12.7 Å². The van der Waals surface area contributed by atoms with E-state index in [1.54, 1.807) is 18.8 Å². The number of halogens is 4. The number of thioether (sulfide) groups is 1. The predicted molar refractivity (Wildman–Crippen MR) is 112 cm³/mol. The van der Waals surface area contributed by atoms with E-state index in [9.17, 15) is 13.2 Å². The van der Waals surface area contributed by atoms with Crippen LogP contribution in [0.2, 0.25) is 0 Å². The molecule has 0 aliphatic rings. The van der Waals surface area contributed by atoms with Crippen LogP contribution in [0.1, 0.15) is 17.6 Å². The van der Waals surface area contributed by atoms with Crippen molar-refractivity contribution in [2.75, 3.05) is 13.6 Å². The van der Waals surface area contributed by atoms with Gasteiger partial charge in [-0.2, -0.15) is 13.2 Å². The fraction of sp³-hybridized carbons (Fsp3) is 0.375. The molecule has 2 N–H and O–H groups in total. The summed E-state index contributed by atoms with van der Waals surface area (Å²) in [5.41, 5.74) is -0.856. The predicted octanol–water partition coefficient (Wildman–Crippen LogP) is 4.63. The molecular weight excluding hydrogens is 496 g/mol. The summed E-state index contributed by atoms with van der Waals surface area (Å²) in [6.07, 6.45) is -4.40. The number of hydrogen-bond donors (Lipinski definition) is 2. The van der Waals surface area contributed by atoms with Crippen LogP contribution >= 0.6 is 47.1 Å². The first kappa shape index (κ1) is 23.0. The maximum absolute atomic E-state index is 12.5. The summed E-state index contributed by atoms with van der Waals surface area (Å²) in [5.74, 6) is 0.532. The van der Waals surface area contributed by atoms with E-state index in [1.165, 1.54) is 4.90 Å². The maximum Gasteiger partial charge on any atom is 0.434 e. The van der Waals surface area contributed by atoms with Gasteiger partial charge < -0.3 is 10.6 Å². The molecule has 1 heterocycles. The molecule has 1 atom stereocenters. The van der Waals surface area contributed by atoms with Crippen molar-refractivity contribution < 1.29 is 13.2 Å². The molecular formula is C16H20F3IN4S2. The molecule has 144 valence electrons. The summed E-state index contributed by atoms with van der Waals surface area (Å²) in [6, 6.07) is 10.1. The number of alkyl halides is 3. The summed E-state index contributed by atoms with van der Waals surface area (Å²) in [6.45, 7) is 2.96. The second kappa shape index (κ2) is 11.0. The number of nitrogens with zero attached hydrogens (tertiary/aromatic N) is 2. The lowest BCUT2D eigenvalue weighted by atomic mass is 10.4. The van der Waals surface area contributed by atoms with E-state index in [0.717, 1.165) is 16.7 Å². The van der Waals surface area contributed by atoms with Gasteiger partial charge in [0.15, 0.2) is 11.7 Å². The van der Waals surface area contributed by atoms with Gasteiger partial charge in [0, 0.05) is 29.1 Å². The monoisotopic (exact) mass is 516 g/mol. The second-order valence-corrected chi connectivity index (χ2v) is 7.63. The van der Waals surface area contributed by atoms with Crippen molar-refractivity contribution in [1.82, 2.24) is 15.6 Å². The van der Waals surface area contributed by atoms with Crippen molar-refractivity contribution >= 4 is 53.0 Å². The zero-order chi connectivity index (χ0) is 18.3. The van der Waals surface area contributed by atoms with Gasteiger partial charge in [-0.1, -0.05) is 25.1 Å². The highest BCUT2D eigenvalue weighted by Gasteiger charge is 2.33. The largest absolute Gasteiger partial charge is 0.434 e. The summed E-state index contributed by atoms with van der Waals surface area (Å²) < 4.78 is 37.6. The smallest absolute Gasteiger partial charge is 0.355 e. The summed E-state index contributed by atoms with van der Waals surface area (Å²) in [7, 11) is 1.62. The van der Waals surface area contributed by atoms with Crippen LogP contribution in [0.15, 0.2) is 45.6 Å². The van der Waals surface area contributed by atoms with Gasteiger partial charge in [-0.05, 0) is 12.1 Å². The third-order valence-electron chi connectivity index (χ3n) is 3.11. The molecule has 4 nitrogen and oxygen atoms in total. The first-order valence-electron chi connectivity index (χ1n) is 7.56. The third-order valence-corrected chi connectivity index (χ3v) is 5.07. The standard InChI is InChI=1S/C16H19F3N4S2.HI/c1-11(25-12-6-4-3-5-7-12)8-21-15(20-2)22-9-14-23-13(10-24-14)16(17,18)19;/h3-7,10-11H,8-9H2,1-2H3,(H2,20,21,22);1H. The number of guanidine groups is 1. The number of aromatic nitrogens is 1. The van der Waals surface area contributed by atoms with Gasteiger partial charge in [0.05, 0.1) is 6.54 Å². The summed E-state index contributed by atoms with van der Waals surface area (Å²) in [4.78, 5) is 8.84. The van der Waals surface area contributed by atoms with Crippen LogP contribution < -0.4 is 10.6 Å². The van der Waals surface area contributed by atoms with Gasteiger partial charge in [0.25, 0.3) is 0 Å². The fourth-order valence-electron chi connectivity index (χ4n) is 1.92. The summed E-state index contributed by atoms with van der Waals surface area (Å²) >= 11 is 2.71. The van der Waals surface area contributed by atoms with Crippen LogP contribution in [0.3, 0.4) is 0 Å². The number of thiazole rings is 1. The first-order chi connectivity index (χ1) is 11.9. The number of rotatable bonds is 6. The molecule has 0 saturated carbocycles. The molecule has 1 aromatic heterocycles. The lowest BCUT2D eigenvalue weighted by Crippen LogP contribution is -2.39. The van der Waals surface area contributed by atoms with Gasteiger partial charge in [0.1, 0.15) is 5.01 Å². The highest BCUT2D eigenvalue weighted by Crippen LogP contribution is 2.29. The molecule has 0 saturated heterocycles. The van der Waals surface area contributed by atoms with E-state index >= 15 is 0 Å². The van der Waals surface area contributed by atoms with E-state index in [-0.39, 0.29) is 30.5 Å². The Bertz CT molecular complexity index is 692. The maximum atomic E-state index is 12.5. The molecule has 2 aromatic rings. The molecule has 1 unspecified atom stereocenters. The minimum atomic E-state index is -4.40. The molecule has 0 aliphatic heterocycles. The van der Waals surface area contributed by atoms with Crippen LogP contribution in [-0.4, -0.2) is 29.8 Å². The Morgan fingerprint density at radius 2 is 1.96 bits per heavy atom. The molecule has 0 bridgehead atoms. The zero-order valence-corrected chi connectivity index (χ0v) is 18.2. The van der Waals surface area contributed by atoms with Gasteiger partial charge in [-0.15, -0.1) is 47.1 Å². The fourth-order valence-corrected chi connectivity index (χ4v) is 3.60. The normalized spacial score (nSPS) is 13.0. The lowest BCUT2D eigenvalue weighted by molar-refractivity contribution is -0.140. The molecule has 26 heavy (non-hydrogen) atoms. The number of benzene rings is 1. The Morgan fingerprint density at radius 3 is 2.54 bits per heavy atom. The van der Waals surface area contributed by atoms with Crippen molar-refractivity contribution in [3.05, 3.63) is 46.4 Å². The van der Waals surface area contributed by atoms with Crippen molar-refractivity contribution in [2.24, 2.45) is 4.99 Å². The Balaban J connectivity index is 0.00000338. The molecule has 0 aliphatic carbocycles. The Hall–Kier alpha value is -1.01. The van der Waals surface area contributed by atoms with Crippen molar-refractivity contribution in [3.63, 3.8) is 0 Å². The van der Waals surface area contributed by atoms with Gasteiger partial charge in [-0.25, -0.2) is 4.98 Å². The average Bonchev–Trinajstić information content (AvgIpc) is 3.05. The molecule has 2 rings (SSSR count). The second-order valence-electron chi connectivity index (χ2n) is 5.17. The van der Waals surface area contributed by atoms with Gasteiger partial charge in [0.2, 0.25) is 0 Å². The Morgan fingerprint density at radius 1 is 1.27 bits per heavy atom. The lowest BCUT2D eigenvalue weighted by Gasteiger charge is -2.15. The Kier molecular flexibility index (Phi) is 9.72. The quantitative estimate of drug-likeness (QED) is 0.255. The van der Waals surface area contributed by atoms with Crippen LogP contribution in [0.4, 0.5) is 13.2 Å². The minimum absolute atomic E-state index is 0. The molecule has 0 amide bonds. The van der Waals surface area contributed by atoms with Crippen LogP contribution in [0.5, 0.6) is 0 Å². The molecule has 0 spiro atoms. The van der Waals surface area contributed by atoms with Crippen LogP contribution in [0, 0.1) is 0 Å². The minimum Gasteiger partial charge on any atom is -0.355 e. The van der Waals surface area contributed by atoms with E-state index in [0.29, 0.717) is 22.8 Å². The van der Waals surface area contributed by atoms with Crippen molar-refractivity contribution in [1.29, 1.82) is 0 Å². The zero-order valence-electron chi connectivity index (χ0n) is 14.2. The molecule has 10 heteroatoms. The number of aliphatic imine (C=N–C) groups is 1. The topological polar surface area (TPSA) is 49.3 Å². The Labute approximate surface area is 176 Å². The molecule has 0 fully saturated rings. The molecule has 0 radical (unpaired) electrons. The van der Waals surface area contributed by atoms with E-state index in [4.69, 9.17) is 0 Å². The third kappa shape index (κ3) is 7.70. The van der Waals surface area contributed by atoms with E-state index in [1.807, 2.05) is 18.2 Å². The first-order valence-corrected chi connectivity index (χ1v) is 9.32. The number of nitrogens with one attached hydrogen (secondary N) is 2. The van der Waals surface area contributed by atoms with Crippen molar-refractivity contribution in [3.8, 4) is 0 Å².